The first-order valence-corrected chi connectivity index (χ1v) is 10.7. The number of rotatable bonds is 9. The Morgan fingerprint density at radius 3 is 2.65 bits per heavy atom. The van der Waals surface area contributed by atoms with Crippen molar-refractivity contribution in [3.05, 3.63) is 112 Å². The van der Waals surface area contributed by atoms with Crippen molar-refractivity contribution in [2.75, 3.05) is 6.54 Å². The van der Waals surface area contributed by atoms with E-state index < -0.39 is 28.4 Å². The standard InChI is InChI=1S/C25H22N4O5/c30-21(11-10-18-6-2-1-3-7-18)22-23(19-8-4-9-20(16-19)29(33)34)28(25(32)24(22)31)14-5-13-27-15-12-26-17-27/h1-4,6-12,15-17,23,31H,5,13-14H2. The summed E-state index contributed by atoms with van der Waals surface area (Å²) >= 11 is 0. The summed E-state index contributed by atoms with van der Waals surface area (Å²) in [7, 11) is 0. The molecule has 2 heterocycles. The molecule has 1 atom stereocenters. The molecular formula is C25H22N4O5. The van der Waals surface area contributed by atoms with E-state index in [0.29, 0.717) is 18.5 Å². The fourth-order valence-electron chi connectivity index (χ4n) is 3.96. The summed E-state index contributed by atoms with van der Waals surface area (Å²) in [5, 5.41) is 22.0. The maximum Gasteiger partial charge on any atom is 0.290 e. The van der Waals surface area contributed by atoms with E-state index in [1.807, 2.05) is 34.9 Å². The molecule has 0 spiro atoms. The van der Waals surface area contributed by atoms with Crippen molar-refractivity contribution in [2.45, 2.75) is 19.0 Å². The molecule has 1 aliphatic rings. The highest BCUT2D eigenvalue weighted by Crippen LogP contribution is 2.39. The number of allylic oxidation sites excluding steroid dienone is 1. The van der Waals surface area contributed by atoms with Gasteiger partial charge in [0.2, 0.25) is 0 Å². The second-order valence-electron chi connectivity index (χ2n) is 7.78. The van der Waals surface area contributed by atoms with Crippen LogP contribution in [0.3, 0.4) is 0 Å². The summed E-state index contributed by atoms with van der Waals surface area (Å²) in [6, 6.07) is 14.0. The van der Waals surface area contributed by atoms with Crippen LogP contribution in [0.15, 0.2) is 90.7 Å². The van der Waals surface area contributed by atoms with Crippen molar-refractivity contribution in [3.63, 3.8) is 0 Å². The number of amides is 1. The molecule has 1 aromatic heterocycles. The molecule has 0 saturated carbocycles. The Kier molecular flexibility index (Phi) is 6.63. The van der Waals surface area contributed by atoms with Gasteiger partial charge in [0.1, 0.15) is 0 Å². The minimum absolute atomic E-state index is 0.0969. The van der Waals surface area contributed by atoms with Crippen LogP contribution in [0.4, 0.5) is 5.69 Å². The monoisotopic (exact) mass is 458 g/mol. The second kappa shape index (κ2) is 9.95. The van der Waals surface area contributed by atoms with E-state index in [2.05, 4.69) is 4.98 Å². The van der Waals surface area contributed by atoms with Crippen molar-refractivity contribution in [1.82, 2.24) is 14.5 Å². The minimum atomic E-state index is -0.942. The Morgan fingerprint density at radius 2 is 1.94 bits per heavy atom. The van der Waals surface area contributed by atoms with Crippen molar-refractivity contribution >= 4 is 23.5 Å². The van der Waals surface area contributed by atoms with Gasteiger partial charge in [-0.25, -0.2) is 4.98 Å². The number of imidazole rings is 1. The lowest BCUT2D eigenvalue weighted by molar-refractivity contribution is -0.384. The number of benzene rings is 2. The fourth-order valence-corrected chi connectivity index (χ4v) is 3.96. The Balaban J connectivity index is 1.66. The summed E-state index contributed by atoms with van der Waals surface area (Å²) in [6.45, 7) is 0.803. The minimum Gasteiger partial charge on any atom is -0.503 e. The van der Waals surface area contributed by atoms with Crippen LogP contribution in [-0.4, -0.2) is 42.7 Å². The first kappa shape index (κ1) is 22.7. The van der Waals surface area contributed by atoms with Gasteiger partial charge < -0.3 is 14.6 Å². The molecular weight excluding hydrogens is 436 g/mol. The third-order valence-electron chi connectivity index (χ3n) is 5.57. The molecule has 0 bridgehead atoms. The van der Waals surface area contributed by atoms with Crippen LogP contribution in [0.5, 0.6) is 0 Å². The Hall–Kier alpha value is -4.53. The second-order valence-corrected chi connectivity index (χ2v) is 7.78. The molecule has 2 aromatic carbocycles. The smallest absolute Gasteiger partial charge is 0.290 e. The maximum absolute atomic E-state index is 13.2. The molecule has 1 N–H and O–H groups in total. The van der Waals surface area contributed by atoms with Crippen molar-refractivity contribution in [2.24, 2.45) is 0 Å². The normalized spacial score (nSPS) is 15.9. The third kappa shape index (κ3) is 4.78. The van der Waals surface area contributed by atoms with E-state index in [1.165, 1.54) is 29.2 Å². The molecule has 4 rings (SSSR count). The number of aliphatic hydroxyl groups excluding tert-OH is 1. The average molecular weight is 458 g/mol. The van der Waals surface area contributed by atoms with Gasteiger partial charge >= 0.3 is 0 Å². The molecule has 1 unspecified atom stereocenters. The number of aryl methyl sites for hydroxylation is 1. The largest absolute Gasteiger partial charge is 0.503 e. The average Bonchev–Trinajstić information content (AvgIpc) is 3.45. The van der Waals surface area contributed by atoms with Crippen molar-refractivity contribution in [1.29, 1.82) is 0 Å². The SMILES string of the molecule is O=C(C=Cc1ccccc1)C1=C(O)C(=O)N(CCCn2ccnc2)C1c1cccc([N+](=O)[O-])c1. The van der Waals surface area contributed by atoms with Gasteiger partial charge in [-0.1, -0.05) is 48.5 Å². The van der Waals surface area contributed by atoms with Gasteiger partial charge in [0.25, 0.3) is 11.6 Å². The van der Waals surface area contributed by atoms with E-state index in [0.717, 1.165) is 5.56 Å². The maximum atomic E-state index is 13.2. The Morgan fingerprint density at radius 1 is 1.15 bits per heavy atom. The molecule has 1 aliphatic heterocycles. The molecule has 9 heteroatoms. The van der Waals surface area contributed by atoms with Crippen LogP contribution >= 0.6 is 0 Å². The molecule has 172 valence electrons. The van der Waals surface area contributed by atoms with Gasteiger partial charge in [-0.2, -0.15) is 0 Å². The highest BCUT2D eigenvalue weighted by Gasteiger charge is 2.42. The van der Waals surface area contributed by atoms with Crippen LogP contribution < -0.4 is 0 Å². The van der Waals surface area contributed by atoms with Gasteiger partial charge in [-0.3, -0.25) is 19.7 Å². The molecule has 9 nitrogen and oxygen atoms in total. The van der Waals surface area contributed by atoms with Crippen LogP contribution in [0.1, 0.15) is 23.6 Å². The number of non-ortho nitro benzene ring substituents is 1. The molecule has 0 fully saturated rings. The van der Waals surface area contributed by atoms with Crippen LogP contribution in [0, 0.1) is 10.1 Å². The van der Waals surface area contributed by atoms with E-state index in [9.17, 15) is 24.8 Å². The number of hydrogen-bond acceptors (Lipinski definition) is 6. The quantitative estimate of drug-likeness (QED) is 0.295. The summed E-state index contributed by atoms with van der Waals surface area (Å²) in [5.74, 6) is -1.86. The Bertz CT molecular complexity index is 1270. The lowest BCUT2D eigenvalue weighted by Gasteiger charge is -2.26. The lowest BCUT2D eigenvalue weighted by atomic mass is 9.95. The number of nitro benzene ring substituents is 1. The molecule has 0 radical (unpaired) electrons. The van der Waals surface area contributed by atoms with Gasteiger partial charge in [-0.15, -0.1) is 0 Å². The lowest BCUT2D eigenvalue weighted by Crippen LogP contribution is -2.32. The number of nitro groups is 1. The molecule has 0 aliphatic carbocycles. The zero-order valence-electron chi connectivity index (χ0n) is 18.2. The number of nitrogens with zero attached hydrogens (tertiary/aromatic N) is 4. The fraction of sp³-hybridized carbons (Fsp3) is 0.160. The van der Waals surface area contributed by atoms with Crippen LogP contribution in [0.25, 0.3) is 6.08 Å². The highest BCUT2D eigenvalue weighted by atomic mass is 16.6. The third-order valence-corrected chi connectivity index (χ3v) is 5.57. The summed E-state index contributed by atoms with van der Waals surface area (Å²) in [4.78, 5) is 42.3. The number of carbonyl (C=O) groups is 2. The van der Waals surface area contributed by atoms with E-state index in [4.69, 9.17) is 0 Å². The first-order valence-electron chi connectivity index (χ1n) is 10.7. The van der Waals surface area contributed by atoms with Crippen molar-refractivity contribution < 1.29 is 19.6 Å². The number of hydrogen-bond donors (Lipinski definition) is 1. The zero-order valence-corrected chi connectivity index (χ0v) is 18.2. The van der Waals surface area contributed by atoms with E-state index >= 15 is 0 Å². The van der Waals surface area contributed by atoms with Crippen molar-refractivity contribution in [3.8, 4) is 0 Å². The predicted octanol–water partition coefficient (Wildman–Crippen LogP) is 3.86. The van der Waals surface area contributed by atoms with Gasteiger partial charge in [-0.05, 0) is 23.6 Å². The topological polar surface area (TPSA) is 119 Å². The van der Waals surface area contributed by atoms with E-state index in [1.54, 1.807) is 30.9 Å². The zero-order chi connectivity index (χ0) is 24.1. The summed E-state index contributed by atoms with van der Waals surface area (Å²) < 4.78 is 1.85. The van der Waals surface area contributed by atoms with Crippen LogP contribution in [0.2, 0.25) is 0 Å². The van der Waals surface area contributed by atoms with Gasteiger partial charge in [0, 0.05) is 37.6 Å². The number of aliphatic hydroxyl groups is 1. The summed E-state index contributed by atoms with van der Waals surface area (Å²) in [5.41, 5.74) is 0.900. The molecule has 0 saturated heterocycles. The molecule has 34 heavy (non-hydrogen) atoms. The highest BCUT2D eigenvalue weighted by molar-refractivity contribution is 6.14. The number of carbonyl (C=O) groups excluding carboxylic acids is 2. The van der Waals surface area contributed by atoms with Gasteiger partial charge in [0.05, 0.1) is 22.9 Å². The van der Waals surface area contributed by atoms with Crippen LogP contribution in [-0.2, 0) is 16.1 Å². The first-order chi connectivity index (χ1) is 16.5. The van der Waals surface area contributed by atoms with E-state index in [-0.39, 0.29) is 17.8 Å². The van der Waals surface area contributed by atoms with Gasteiger partial charge in [0.15, 0.2) is 11.5 Å². The summed E-state index contributed by atoms with van der Waals surface area (Å²) in [6.07, 6.45) is 8.52. The Labute approximate surface area is 195 Å². The predicted molar refractivity (Wildman–Crippen MR) is 125 cm³/mol. The molecule has 1 amide bonds. The number of aromatic nitrogens is 2. The molecule has 3 aromatic rings. The number of ketones is 1.